The molecule has 1 amide bonds. The number of H-pyrrole nitrogens is 1. The molecule has 1 aromatic heterocycles. The maximum atomic E-state index is 13.0. The van der Waals surface area contributed by atoms with Crippen LogP contribution in [0.2, 0.25) is 0 Å². The predicted octanol–water partition coefficient (Wildman–Crippen LogP) is 3.55. The molecule has 0 aliphatic carbocycles. The molecular weight excluding hydrogens is 275 g/mol. The van der Waals surface area contributed by atoms with Crippen molar-refractivity contribution in [2.75, 3.05) is 10.7 Å². The Labute approximate surface area is 121 Å². The maximum Gasteiger partial charge on any atom is 0.239 e. The first-order valence-electron chi connectivity index (χ1n) is 6.41. The van der Waals surface area contributed by atoms with E-state index in [1.165, 1.54) is 12.1 Å². The molecule has 3 rings (SSSR count). The van der Waals surface area contributed by atoms with Gasteiger partial charge < -0.3 is 4.98 Å². The highest BCUT2D eigenvalue weighted by atomic mass is 32.2. The van der Waals surface area contributed by atoms with Crippen molar-refractivity contribution in [3.63, 3.8) is 0 Å². The van der Waals surface area contributed by atoms with E-state index in [1.54, 1.807) is 28.8 Å². The first kappa shape index (κ1) is 13.2. The molecule has 2 heterocycles. The molecule has 1 N–H and O–H groups in total. The van der Waals surface area contributed by atoms with Crippen molar-refractivity contribution in [1.29, 1.82) is 0 Å². The lowest BCUT2D eigenvalue weighted by Crippen LogP contribution is -2.28. The fraction of sp³-hybridized carbons (Fsp3) is 0.267. The van der Waals surface area contributed by atoms with E-state index >= 15 is 0 Å². The summed E-state index contributed by atoms with van der Waals surface area (Å²) in [5.41, 5.74) is 3.14. The highest BCUT2D eigenvalue weighted by molar-refractivity contribution is 8.00. The molecular formula is C15H15FN2OS. The lowest BCUT2D eigenvalue weighted by molar-refractivity contribution is -0.115. The van der Waals surface area contributed by atoms with Crippen molar-refractivity contribution >= 4 is 23.5 Å². The van der Waals surface area contributed by atoms with E-state index in [4.69, 9.17) is 0 Å². The number of carbonyl (C=O) groups is 1. The van der Waals surface area contributed by atoms with Crippen LogP contribution < -0.4 is 4.90 Å². The first-order chi connectivity index (χ1) is 9.58. The van der Waals surface area contributed by atoms with Gasteiger partial charge in [0.2, 0.25) is 5.91 Å². The van der Waals surface area contributed by atoms with Gasteiger partial charge >= 0.3 is 0 Å². The second kappa shape index (κ2) is 4.98. The number of aromatic nitrogens is 1. The zero-order valence-corrected chi connectivity index (χ0v) is 12.1. The van der Waals surface area contributed by atoms with Crippen LogP contribution in [0.25, 0.3) is 0 Å². The zero-order chi connectivity index (χ0) is 14.3. The normalized spacial score (nSPS) is 18.9. The van der Waals surface area contributed by atoms with Gasteiger partial charge in [-0.15, -0.1) is 11.8 Å². The van der Waals surface area contributed by atoms with Crippen LogP contribution in [0, 0.1) is 19.7 Å². The summed E-state index contributed by atoms with van der Waals surface area (Å²) in [5.74, 6) is 1.10. The average molecular weight is 290 g/mol. The van der Waals surface area contributed by atoms with Gasteiger partial charge in [-0.1, -0.05) is 12.1 Å². The van der Waals surface area contributed by atoms with Gasteiger partial charge in [0.25, 0.3) is 0 Å². The summed E-state index contributed by atoms with van der Waals surface area (Å²) in [4.78, 5) is 17.2. The molecule has 1 aliphatic heterocycles. The van der Waals surface area contributed by atoms with Crippen LogP contribution in [0.3, 0.4) is 0 Å². The van der Waals surface area contributed by atoms with Crippen molar-refractivity contribution in [2.45, 2.75) is 19.2 Å². The third-order valence-corrected chi connectivity index (χ3v) is 4.85. The molecule has 1 fully saturated rings. The molecule has 0 radical (unpaired) electrons. The molecule has 0 saturated carbocycles. The Morgan fingerprint density at radius 1 is 1.30 bits per heavy atom. The van der Waals surface area contributed by atoms with E-state index in [-0.39, 0.29) is 17.1 Å². The Bertz CT molecular complexity index is 650. The van der Waals surface area contributed by atoms with Crippen molar-refractivity contribution < 1.29 is 9.18 Å². The van der Waals surface area contributed by atoms with E-state index in [0.29, 0.717) is 5.75 Å². The number of carbonyl (C=O) groups excluding carboxylic acids is 1. The SMILES string of the molecule is Cc1c[nH]c(N2C(=O)CSC2c2ccc(F)cc2)c1C. The standard InChI is InChI=1S/C15H15FN2OS/c1-9-7-17-14(10(9)2)18-13(19)8-20-15(18)11-3-5-12(16)6-4-11/h3-7,15,17H,8H2,1-2H3. The van der Waals surface area contributed by atoms with Crippen LogP contribution in [-0.2, 0) is 4.79 Å². The fourth-order valence-corrected chi connectivity index (χ4v) is 3.53. The van der Waals surface area contributed by atoms with E-state index in [9.17, 15) is 9.18 Å². The number of benzene rings is 1. The van der Waals surface area contributed by atoms with E-state index in [1.807, 2.05) is 20.0 Å². The van der Waals surface area contributed by atoms with Crippen molar-refractivity contribution in [1.82, 2.24) is 4.98 Å². The summed E-state index contributed by atoms with van der Waals surface area (Å²) >= 11 is 1.56. The molecule has 1 aliphatic rings. The van der Waals surface area contributed by atoms with Gasteiger partial charge in [-0.25, -0.2) is 4.39 Å². The van der Waals surface area contributed by atoms with Crippen molar-refractivity contribution in [2.24, 2.45) is 0 Å². The van der Waals surface area contributed by atoms with Crippen LogP contribution in [-0.4, -0.2) is 16.6 Å². The molecule has 3 nitrogen and oxygen atoms in total. The molecule has 2 aromatic rings. The van der Waals surface area contributed by atoms with Gasteiger partial charge in [0.1, 0.15) is 17.0 Å². The summed E-state index contributed by atoms with van der Waals surface area (Å²) in [5, 5.41) is -0.0974. The number of anilines is 1. The minimum absolute atomic E-state index is 0.0780. The number of nitrogens with zero attached hydrogens (tertiary/aromatic N) is 1. The van der Waals surface area contributed by atoms with Gasteiger partial charge in [0.05, 0.1) is 5.75 Å². The van der Waals surface area contributed by atoms with Crippen LogP contribution in [0.1, 0.15) is 22.1 Å². The lowest BCUT2D eigenvalue weighted by Gasteiger charge is -2.24. The second-order valence-corrected chi connectivity index (χ2v) is 5.99. The van der Waals surface area contributed by atoms with E-state index in [0.717, 1.165) is 22.5 Å². The molecule has 1 saturated heterocycles. The number of rotatable bonds is 2. The van der Waals surface area contributed by atoms with Gasteiger partial charge in [0, 0.05) is 6.20 Å². The number of halogens is 1. The molecule has 20 heavy (non-hydrogen) atoms. The topological polar surface area (TPSA) is 36.1 Å². The third kappa shape index (κ3) is 2.12. The number of hydrogen-bond acceptors (Lipinski definition) is 2. The summed E-state index contributed by atoms with van der Waals surface area (Å²) in [6.45, 7) is 4.01. The quantitative estimate of drug-likeness (QED) is 0.918. The van der Waals surface area contributed by atoms with E-state index < -0.39 is 0 Å². The summed E-state index contributed by atoms with van der Waals surface area (Å²) in [6.07, 6.45) is 1.91. The van der Waals surface area contributed by atoms with Crippen LogP contribution in [0.4, 0.5) is 10.2 Å². The van der Waals surface area contributed by atoms with Gasteiger partial charge in [0.15, 0.2) is 0 Å². The maximum absolute atomic E-state index is 13.0. The molecule has 1 unspecified atom stereocenters. The van der Waals surface area contributed by atoms with Gasteiger partial charge in [-0.05, 0) is 42.7 Å². The summed E-state index contributed by atoms with van der Waals surface area (Å²) in [6, 6.07) is 6.35. The van der Waals surface area contributed by atoms with Crippen LogP contribution in [0.15, 0.2) is 30.5 Å². The molecule has 0 spiro atoms. The fourth-order valence-electron chi connectivity index (χ4n) is 2.37. The average Bonchev–Trinajstić information content (AvgIpc) is 2.96. The molecule has 1 atom stereocenters. The Balaban J connectivity index is 2.01. The number of hydrogen-bond donors (Lipinski definition) is 1. The number of thioether (sulfide) groups is 1. The third-order valence-electron chi connectivity index (χ3n) is 3.64. The molecule has 5 heteroatoms. The Morgan fingerprint density at radius 3 is 2.60 bits per heavy atom. The highest BCUT2D eigenvalue weighted by Gasteiger charge is 2.35. The monoisotopic (exact) mass is 290 g/mol. The summed E-state index contributed by atoms with van der Waals surface area (Å²) < 4.78 is 13.0. The van der Waals surface area contributed by atoms with Gasteiger partial charge in [-0.2, -0.15) is 0 Å². The molecule has 104 valence electrons. The number of aryl methyl sites for hydroxylation is 1. The van der Waals surface area contributed by atoms with Crippen LogP contribution >= 0.6 is 11.8 Å². The predicted molar refractivity (Wildman–Crippen MR) is 79.4 cm³/mol. The van der Waals surface area contributed by atoms with Crippen LogP contribution in [0.5, 0.6) is 0 Å². The highest BCUT2D eigenvalue weighted by Crippen LogP contribution is 2.42. The van der Waals surface area contributed by atoms with Crippen molar-refractivity contribution in [3.8, 4) is 0 Å². The number of amides is 1. The largest absolute Gasteiger partial charge is 0.347 e. The Kier molecular flexibility index (Phi) is 3.30. The molecule has 0 bridgehead atoms. The smallest absolute Gasteiger partial charge is 0.239 e. The Morgan fingerprint density at radius 2 is 2.00 bits per heavy atom. The summed E-state index contributed by atoms with van der Waals surface area (Å²) in [7, 11) is 0. The minimum atomic E-state index is -0.262. The van der Waals surface area contributed by atoms with E-state index in [2.05, 4.69) is 4.98 Å². The second-order valence-electron chi connectivity index (χ2n) is 4.92. The zero-order valence-electron chi connectivity index (χ0n) is 11.3. The van der Waals surface area contributed by atoms with Crippen molar-refractivity contribution in [3.05, 3.63) is 53.0 Å². The lowest BCUT2D eigenvalue weighted by atomic mass is 10.2. The first-order valence-corrected chi connectivity index (χ1v) is 7.46. The minimum Gasteiger partial charge on any atom is -0.347 e. The number of nitrogens with one attached hydrogen (secondary N) is 1. The Hall–Kier alpha value is -1.75. The number of aromatic amines is 1. The van der Waals surface area contributed by atoms with Gasteiger partial charge in [-0.3, -0.25) is 9.69 Å². The molecule has 1 aromatic carbocycles.